The average Bonchev–Trinajstić information content (AvgIpc) is 3.01. The molecule has 3 atom stereocenters. The Hall–Kier alpha value is -4.63. The van der Waals surface area contributed by atoms with Crippen molar-refractivity contribution in [3.8, 4) is 40.2 Å². The minimum Gasteiger partial charge on any atom is -0.508 e. The van der Waals surface area contributed by atoms with Gasteiger partial charge in [-0.05, 0) is 53.4 Å². The van der Waals surface area contributed by atoms with Crippen molar-refractivity contribution >= 4 is 11.9 Å². The third kappa shape index (κ3) is 3.48. The molecule has 0 unspecified atom stereocenters. The standard InChI is InChI=1S/C27H22O9/c28-15-3-12(4-16(29)9-15)1-2-13-5-19(14-7-22(32)25(34)23(33)8-14)27(36)20(6-13)18-10-17(30)11-21(31)24(18)26(27)35/h1-5,7-11,19-20,28-34,36H,6H2/b2-1+/t19-,20+,27+/m1/s1. The molecule has 5 rings (SSSR count). The zero-order chi connectivity index (χ0) is 25.9. The first kappa shape index (κ1) is 23.1. The van der Waals surface area contributed by atoms with Gasteiger partial charge in [-0.1, -0.05) is 23.8 Å². The van der Waals surface area contributed by atoms with E-state index < -0.39 is 46.2 Å². The molecule has 0 radical (unpaired) electrons. The fraction of sp³-hybridized carbons (Fsp3) is 0.148. The van der Waals surface area contributed by atoms with E-state index in [1.165, 1.54) is 24.3 Å². The van der Waals surface area contributed by atoms with Crippen molar-refractivity contribution in [3.05, 3.63) is 82.4 Å². The molecule has 3 aromatic carbocycles. The fourth-order valence-corrected chi connectivity index (χ4v) is 5.22. The molecule has 0 fully saturated rings. The Kier molecular flexibility index (Phi) is 5.11. The number of phenols is 7. The number of aromatic hydroxyl groups is 7. The van der Waals surface area contributed by atoms with Crippen molar-refractivity contribution in [1.82, 2.24) is 0 Å². The Labute approximate surface area is 204 Å². The molecule has 36 heavy (non-hydrogen) atoms. The quantitative estimate of drug-likeness (QED) is 0.255. The maximum absolute atomic E-state index is 13.5. The van der Waals surface area contributed by atoms with Gasteiger partial charge in [0.25, 0.3) is 0 Å². The van der Waals surface area contributed by atoms with E-state index >= 15 is 0 Å². The number of benzene rings is 3. The summed E-state index contributed by atoms with van der Waals surface area (Å²) in [4.78, 5) is 13.5. The summed E-state index contributed by atoms with van der Waals surface area (Å²) in [7, 11) is 0. The Morgan fingerprint density at radius 2 is 1.36 bits per heavy atom. The van der Waals surface area contributed by atoms with Gasteiger partial charge >= 0.3 is 0 Å². The molecule has 9 nitrogen and oxygen atoms in total. The Balaban J connectivity index is 1.68. The highest BCUT2D eigenvalue weighted by atomic mass is 16.3. The van der Waals surface area contributed by atoms with E-state index in [2.05, 4.69) is 0 Å². The fourth-order valence-electron chi connectivity index (χ4n) is 5.22. The number of fused-ring (bicyclic) bond motifs is 3. The summed E-state index contributed by atoms with van der Waals surface area (Å²) in [6, 6.07) is 8.59. The van der Waals surface area contributed by atoms with Crippen LogP contribution < -0.4 is 0 Å². The van der Waals surface area contributed by atoms with E-state index in [1.54, 1.807) is 18.2 Å². The summed E-state index contributed by atoms with van der Waals surface area (Å²) in [5.41, 5.74) is -0.817. The SMILES string of the molecule is O=C1c2c(O)cc(O)cc2[C@@H]2CC(/C=C/c3cc(O)cc(O)c3)=C[C@H](c3cc(O)c(O)c(O)c3)[C@@]12O. The van der Waals surface area contributed by atoms with Crippen LogP contribution in [-0.2, 0) is 0 Å². The molecule has 0 saturated heterocycles. The van der Waals surface area contributed by atoms with Crippen molar-refractivity contribution in [2.24, 2.45) is 0 Å². The summed E-state index contributed by atoms with van der Waals surface area (Å²) in [6.45, 7) is 0. The first-order valence-corrected chi connectivity index (χ1v) is 11.0. The van der Waals surface area contributed by atoms with Crippen LogP contribution in [0.5, 0.6) is 40.2 Å². The van der Waals surface area contributed by atoms with E-state index in [9.17, 15) is 45.6 Å². The number of Topliss-reactive ketones (excluding diaryl/α,β-unsaturated/α-hetero) is 1. The molecule has 184 valence electrons. The second kappa shape index (κ2) is 7.96. The minimum atomic E-state index is -2.13. The summed E-state index contributed by atoms with van der Waals surface area (Å²) < 4.78 is 0. The van der Waals surface area contributed by atoms with Gasteiger partial charge in [-0.15, -0.1) is 0 Å². The number of ketones is 1. The number of phenolic OH excluding ortho intramolecular Hbond substituents is 7. The third-order valence-electron chi connectivity index (χ3n) is 6.79. The molecular formula is C27H22O9. The summed E-state index contributed by atoms with van der Waals surface area (Å²) in [5, 5.41) is 81.8. The van der Waals surface area contributed by atoms with Gasteiger partial charge in [0.05, 0.1) is 5.56 Å². The number of hydrogen-bond donors (Lipinski definition) is 8. The molecule has 0 aliphatic heterocycles. The topological polar surface area (TPSA) is 179 Å². The van der Waals surface area contributed by atoms with E-state index in [-0.39, 0.29) is 40.4 Å². The van der Waals surface area contributed by atoms with Gasteiger partial charge in [0.15, 0.2) is 23.0 Å². The molecule has 2 aliphatic carbocycles. The average molecular weight is 490 g/mol. The number of aliphatic hydroxyl groups is 1. The highest BCUT2D eigenvalue weighted by molar-refractivity contribution is 6.11. The lowest BCUT2D eigenvalue weighted by molar-refractivity contribution is 0.0113. The van der Waals surface area contributed by atoms with Gasteiger partial charge in [-0.3, -0.25) is 4.79 Å². The van der Waals surface area contributed by atoms with Gasteiger partial charge in [0.1, 0.15) is 28.6 Å². The second-order valence-corrected chi connectivity index (χ2v) is 9.08. The molecule has 8 N–H and O–H groups in total. The third-order valence-corrected chi connectivity index (χ3v) is 6.79. The molecule has 0 saturated carbocycles. The maximum Gasteiger partial charge on any atom is 0.200 e. The van der Waals surface area contributed by atoms with Crippen LogP contribution in [0.1, 0.15) is 45.3 Å². The molecule has 0 heterocycles. The van der Waals surface area contributed by atoms with Gasteiger partial charge < -0.3 is 40.9 Å². The predicted octanol–water partition coefficient (Wildman–Crippen LogP) is 3.46. The molecule has 0 spiro atoms. The monoisotopic (exact) mass is 490 g/mol. The zero-order valence-electron chi connectivity index (χ0n) is 18.6. The maximum atomic E-state index is 13.5. The lowest BCUT2D eigenvalue weighted by Crippen LogP contribution is -2.46. The van der Waals surface area contributed by atoms with Crippen LogP contribution in [-0.4, -0.2) is 52.2 Å². The number of carbonyl (C=O) groups is 1. The second-order valence-electron chi connectivity index (χ2n) is 9.08. The van der Waals surface area contributed by atoms with Crippen LogP contribution in [0.3, 0.4) is 0 Å². The molecule has 9 heteroatoms. The zero-order valence-corrected chi connectivity index (χ0v) is 18.6. The summed E-state index contributed by atoms with van der Waals surface area (Å²) in [5.74, 6) is -5.95. The summed E-state index contributed by atoms with van der Waals surface area (Å²) in [6.07, 6.45) is 4.95. The Morgan fingerprint density at radius 3 is 2.00 bits per heavy atom. The first-order chi connectivity index (χ1) is 17.0. The lowest BCUT2D eigenvalue weighted by atomic mass is 9.67. The minimum absolute atomic E-state index is 0.117. The van der Waals surface area contributed by atoms with Crippen molar-refractivity contribution in [2.75, 3.05) is 0 Å². The number of hydrogen-bond acceptors (Lipinski definition) is 9. The Bertz CT molecular complexity index is 1440. The highest BCUT2D eigenvalue weighted by Crippen LogP contribution is 2.57. The first-order valence-electron chi connectivity index (χ1n) is 11.0. The van der Waals surface area contributed by atoms with E-state index in [1.807, 2.05) is 0 Å². The van der Waals surface area contributed by atoms with E-state index in [0.717, 1.165) is 18.2 Å². The van der Waals surface area contributed by atoms with E-state index in [0.29, 0.717) is 11.1 Å². The number of carbonyl (C=O) groups excluding carboxylic acids is 1. The van der Waals surface area contributed by atoms with Crippen LogP contribution in [0.2, 0.25) is 0 Å². The molecule has 2 aliphatic rings. The number of rotatable bonds is 3. The van der Waals surface area contributed by atoms with Crippen LogP contribution in [0.4, 0.5) is 0 Å². The van der Waals surface area contributed by atoms with E-state index in [4.69, 9.17) is 0 Å². The van der Waals surface area contributed by atoms with Crippen LogP contribution in [0.25, 0.3) is 6.08 Å². The van der Waals surface area contributed by atoms with Gasteiger partial charge in [0.2, 0.25) is 0 Å². The van der Waals surface area contributed by atoms with Crippen LogP contribution in [0.15, 0.2) is 60.2 Å². The van der Waals surface area contributed by atoms with Gasteiger partial charge in [-0.2, -0.15) is 0 Å². The van der Waals surface area contributed by atoms with Crippen molar-refractivity contribution in [2.45, 2.75) is 23.9 Å². The van der Waals surface area contributed by atoms with Gasteiger partial charge in [0, 0.05) is 24.0 Å². The molecular weight excluding hydrogens is 468 g/mol. The van der Waals surface area contributed by atoms with Crippen molar-refractivity contribution in [3.63, 3.8) is 0 Å². The van der Waals surface area contributed by atoms with Crippen molar-refractivity contribution < 1.29 is 45.6 Å². The van der Waals surface area contributed by atoms with Gasteiger partial charge in [-0.25, -0.2) is 0 Å². The van der Waals surface area contributed by atoms with Crippen molar-refractivity contribution in [1.29, 1.82) is 0 Å². The summed E-state index contributed by atoms with van der Waals surface area (Å²) >= 11 is 0. The number of allylic oxidation sites excluding steroid dienone is 2. The van der Waals surface area contributed by atoms with Crippen LogP contribution in [0, 0.1) is 0 Å². The largest absolute Gasteiger partial charge is 0.508 e. The normalized spacial score (nSPS) is 22.9. The Morgan fingerprint density at radius 1 is 0.750 bits per heavy atom. The molecule has 0 bridgehead atoms. The highest BCUT2D eigenvalue weighted by Gasteiger charge is 2.59. The smallest absolute Gasteiger partial charge is 0.200 e. The predicted molar refractivity (Wildman–Crippen MR) is 127 cm³/mol. The molecule has 3 aromatic rings. The molecule has 0 aromatic heterocycles. The molecule has 0 amide bonds. The lowest BCUT2D eigenvalue weighted by Gasteiger charge is -2.39. The van der Waals surface area contributed by atoms with Crippen LogP contribution >= 0.6 is 0 Å².